The van der Waals surface area contributed by atoms with Crippen LogP contribution in [-0.4, -0.2) is 21.3 Å². The van der Waals surface area contributed by atoms with Crippen LogP contribution in [0.4, 0.5) is 0 Å². The lowest BCUT2D eigenvalue weighted by Crippen LogP contribution is -2.44. The lowest BCUT2D eigenvalue weighted by Gasteiger charge is -2.28. The van der Waals surface area contributed by atoms with Crippen molar-refractivity contribution in [1.29, 1.82) is 0 Å². The third-order valence-electron chi connectivity index (χ3n) is 3.61. The van der Waals surface area contributed by atoms with E-state index >= 15 is 0 Å². The second kappa shape index (κ2) is 5.07. The Morgan fingerprint density at radius 2 is 1.75 bits per heavy atom. The molecule has 0 spiro atoms. The summed E-state index contributed by atoms with van der Waals surface area (Å²) < 4.78 is 1.98. The van der Waals surface area contributed by atoms with Crippen molar-refractivity contribution in [2.24, 2.45) is 5.73 Å². The van der Waals surface area contributed by atoms with Crippen LogP contribution in [-0.2, 0) is 12.1 Å². The number of para-hydroxylation sites is 2. The van der Waals surface area contributed by atoms with Gasteiger partial charge < -0.3 is 15.4 Å². The van der Waals surface area contributed by atoms with Crippen molar-refractivity contribution >= 4 is 11.0 Å². The Hall–Kier alpha value is -2.17. The maximum Gasteiger partial charge on any atom is 0.0959 e. The van der Waals surface area contributed by atoms with Gasteiger partial charge in [0.05, 0.1) is 29.5 Å². The van der Waals surface area contributed by atoms with Crippen LogP contribution >= 0.6 is 0 Å². The van der Waals surface area contributed by atoms with Crippen LogP contribution in [0, 0.1) is 0 Å². The molecule has 0 amide bonds. The van der Waals surface area contributed by atoms with Gasteiger partial charge in [-0.05, 0) is 17.7 Å². The zero-order valence-electron chi connectivity index (χ0n) is 11.1. The summed E-state index contributed by atoms with van der Waals surface area (Å²) in [5, 5.41) is 9.75. The lowest BCUT2D eigenvalue weighted by atomic mass is 9.91. The van der Waals surface area contributed by atoms with Crippen molar-refractivity contribution in [3.8, 4) is 0 Å². The van der Waals surface area contributed by atoms with E-state index in [4.69, 9.17) is 5.73 Å². The summed E-state index contributed by atoms with van der Waals surface area (Å²) in [5.74, 6) is 0. The van der Waals surface area contributed by atoms with Crippen molar-refractivity contribution in [2.75, 3.05) is 6.61 Å². The molecule has 3 aromatic rings. The first-order valence-corrected chi connectivity index (χ1v) is 6.58. The molecule has 0 saturated heterocycles. The molecule has 4 nitrogen and oxygen atoms in total. The van der Waals surface area contributed by atoms with E-state index in [1.807, 2.05) is 59.2 Å². The highest BCUT2D eigenvalue weighted by Gasteiger charge is 2.27. The molecule has 0 aliphatic carbocycles. The molecule has 1 atom stereocenters. The van der Waals surface area contributed by atoms with Crippen molar-refractivity contribution < 1.29 is 5.11 Å². The van der Waals surface area contributed by atoms with E-state index in [1.54, 1.807) is 6.33 Å². The molecule has 0 aliphatic heterocycles. The number of aromatic nitrogens is 2. The summed E-state index contributed by atoms with van der Waals surface area (Å²) in [6, 6.07) is 17.6. The molecule has 1 heterocycles. The normalized spacial score (nSPS) is 14.3. The van der Waals surface area contributed by atoms with Crippen molar-refractivity contribution in [3.63, 3.8) is 0 Å². The van der Waals surface area contributed by atoms with E-state index < -0.39 is 5.54 Å². The number of hydrogen-bond donors (Lipinski definition) is 2. The Kier molecular flexibility index (Phi) is 3.26. The second-order valence-corrected chi connectivity index (χ2v) is 5.04. The summed E-state index contributed by atoms with van der Waals surface area (Å²) in [7, 11) is 0. The van der Waals surface area contributed by atoms with Gasteiger partial charge in [-0.25, -0.2) is 4.98 Å². The van der Waals surface area contributed by atoms with Crippen LogP contribution in [0.3, 0.4) is 0 Å². The zero-order valence-corrected chi connectivity index (χ0v) is 11.1. The summed E-state index contributed by atoms with van der Waals surface area (Å²) >= 11 is 0. The van der Waals surface area contributed by atoms with Crippen LogP contribution in [0.5, 0.6) is 0 Å². The number of benzene rings is 2. The molecule has 1 unspecified atom stereocenters. The van der Waals surface area contributed by atoms with Crippen LogP contribution < -0.4 is 5.73 Å². The van der Waals surface area contributed by atoms with Gasteiger partial charge in [-0.2, -0.15) is 0 Å². The second-order valence-electron chi connectivity index (χ2n) is 5.04. The summed E-state index contributed by atoms with van der Waals surface area (Å²) in [6.45, 7) is 0.359. The number of nitrogens with two attached hydrogens (primary N) is 1. The van der Waals surface area contributed by atoms with E-state index in [-0.39, 0.29) is 6.61 Å². The van der Waals surface area contributed by atoms with Gasteiger partial charge in [-0.3, -0.25) is 0 Å². The van der Waals surface area contributed by atoms with Crippen LogP contribution in [0.1, 0.15) is 5.56 Å². The Labute approximate surface area is 117 Å². The lowest BCUT2D eigenvalue weighted by molar-refractivity contribution is 0.180. The third-order valence-corrected chi connectivity index (χ3v) is 3.61. The highest BCUT2D eigenvalue weighted by atomic mass is 16.3. The predicted molar refractivity (Wildman–Crippen MR) is 79.1 cm³/mol. The van der Waals surface area contributed by atoms with Gasteiger partial charge in [0.25, 0.3) is 0 Å². The van der Waals surface area contributed by atoms with Gasteiger partial charge in [-0.1, -0.05) is 42.5 Å². The topological polar surface area (TPSA) is 64.1 Å². The van der Waals surface area contributed by atoms with E-state index in [0.717, 1.165) is 16.6 Å². The third kappa shape index (κ3) is 2.19. The first-order valence-electron chi connectivity index (χ1n) is 6.58. The van der Waals surface area contributed by atoms with Crippen molar-refractivity contribution in [2.45, 2.75) is 12.1 Å². The Balaban J connectivity index is 1.99. The zero-order chi connectivity index (χ0) is 14.0. The van der Waals surface area contributed by atoms with Gasteiger partial charge in [-0.15, -0.1) is 0 Å². The number of nitrogens with zero attached hydrogens (tertiary/aromatic N) is 2. The molecule has 0 aliphatic rings. The smallest absolute Gasteiger partial charge is 0.0959 e. The molecule has 3 N–H and O–H groups in total. The average molecular weight is 267 g/mol. The molecule has 0 radical (unpaired) electrons. The van der Waals surface area contributed by atoms with Crippen molar-refractivity contribution in [3.05, 3.63) is 66.5 Å². The molecule has 1 aromatic heterocycles. The van der Waals surface area contributed by atoms with E-state index in [0.29, 0.717) is 6.54 Å². The van der Waals surface area contributed by atoms with Gasteiger partial charge in [0.2, 0.25) is 0 Å². The quantitative estimate of drug-likeness (QED) is 0.758. The Bertz CT molecular complexity index is 708. The molecule has 2 aromatic carbocycles. The molecule has 20 heavy (non-hydrogen) atoms. The molecular weight excluding hydrogens is 250 g/mol. The molecule has 4 heteroatoms. The van der Waals surface area contributed by atoms with Crippen LogP contribution in [0.2, 0.25) is 0 Å². The van der Waals surface area contributed by atoms with Gasteiger partial charge >= 0.3 is 0 Å². The first kappa shape index (κ1) is 12.8. The van der Waals surface area contributed by atoms with E-state index in [2.05, 4.69) is 4.98 Å². The molecule has 3 rings (SSSR count). The van der Waals surface area contributed by atoms with Gasteiger partial charge in [0.15, 0.2) is 0 Å². The molecule has 0 fully saturated rings. The monoisotopic (exact) mass is 267 g/mol. The minimum atomic E-state index is -0.815. The standard InChI is InChI=1S/C16H17N3O/c17-16(11-20,13-6-2-1-3-7-13)10-19-12-18-14-8-4-5-9-15(14)19/h1-9,12,20H,10-11,17H2. The number of fused-ring (bicyclic) bond motifs is 1. The van der Waals surface area contributed by atoms with Crippen LogP contribution in [0.25, 0.3) is 11.0 Å². The minimum Gasteiger partial charge on any atom is -0.394 e. The number of rotatable bonds is 4. The summed E-state index contributed by atoms with van der Waals surface area (Å²) in [4.78, 5) is 4.36. The van der Waals surface area contributed by atoms with E-state index in [9.17, 15) is 5.11 Å². The fourth-order valence-electron chi connectivity index (χ4n) is 2.44. The molecule has 0 bridgehead atoms. The maximum atomic E-state index is 9.75. The summed E-state index contributed by atoms with van der Waals surface area (Å²) in [5.41, 5.74) is 8.46. The highest BCUT2D eigenvalue weighted by Crippen LogP contribution is 2.22. The fourth-order valence-corrected chi connectivity index (χ4v) is 2.44. The highest BCUT2D eigenvalue weighted by molar-refractivity contribution is 5.74. The molecule has 0 saturated carbocycles. The van der Waals surface area contributed by atoms with Gasteiger partial charge in [0.1, 0.15) is 0 Å². The number of aliphatic hydroxyl groups is 1. The minimum absolute atomic E-state index is 0.122. The average Bonchev–Trinajstić information content (AvgIpc) is 2.91. The largest absolute Gasteiger partial charge is 0.394 e. The maximum absolute atomic E-state index is 9.75. The number of hydrogen-bond acceptors (Lipinski definition) is 3. The van der Waals surface area contributed by atoms with E-state index in [1.165, 1.54) is 0 Å². The SMILES string of the molecule is NC(CO)(Cn1cnc2ccccc21)c1ccccc1. The predicted octanol–water partition coefficient (Wildman–Crippen LogP) is 1.88. The van der Waals surface area contributed by atoms with Gasteiger partial charge in [0, 0.05) is 6.54 Å². The van der Waals surface area contributed by atoms with Crippen molar-refractivity contribution in [1.82, 2.24) is 9.55 Å². The Morgan fingerprint density at radius 1 is 1.05 bits per heavy atom. The number of imidazole rings is 1. The number of aliphatic hydroxyl groups excluding tert-OH is 1. The molecular formula is C16H17N3O. The fraction of sp³-hybridized carbons (Fsp3) is 0.188. The Morgan fingerprint density at radius 3 is 2.50 bits per heavy atom. The summed E-state index contributed by atoms with van der Waals surface area (Å²) in [6.07, 6.45) is 1.77. The van der Waals surface area contributed by atoms with Crippen LogP contribution in [0.15, 0.2) is 60.9 Å². The molecule has 102 valence electrons. The first-order chi connectivity index (χ1) is 9.73.